The van der Waals surface area contributed by atoms with Crippen molar-refractivity contribution in [2.24, 2.45) is 5.73 Å². The normalized spacial score (nSPS) is 13.4. The van der Waals surface area contributed by atoms with E-state index in [1.165, 1.54) is 6.92 Å². The highest BCUT2D eigenvalue weighted by atomic mass is 16.7. The second-order valence-electron chi connectivity index (χ2n) is 3.06. The Balaban J connectivity index is 4.13. The number of methoxy groups -OCH3 is 1. The number of carbonyl (C=O) groups excluding carboxylic acids is 2. The first kappa shape index (κ1) is 14.4. The maximum atomic E-state index is 11.3. The Morgan fingerprint density at radius 3 is 2.62 bits per heavy atom. The molecule has 0 saturated heterocycles. The number of nitrogens with two attached hydrogens (primary N) is 1. The van der Waals surface area contributed by atoms with Gasteiger partial charge in [-0.15, -0.1) is 6.42 Å². The lowest BCUT2D eigenvalue weighted by Crippen LogP contribution is -2.43. The third kappa shape index (κ3) is 5.34. The average Bonchev–Trinajstić information content (AvgIpc) is 2.27. The molecule has 0 aliphatic carbocycles. The van der Waals surface area contributed by atoms with Crippen LogP contribution in [0.4, 0.5) is 4.79 Å². The maximum absolute atomic E-state index is 11.3. The smallest absolute Gasteiger partial charge is 0.437 e. The molecule has 0 spiro atoms. The van der Waals surface area contributed by atoms with Crippen LogP contribution in [0.15, 0.2) is 0 Å². The van der Waals surface area contributed by atoms with Crippen LogP contribution in [-0.2, 0) is 14.3 Å². The lowest BCUT2D eigenvalue weighted by molar-refractivity contribution is -0.141. The zero-order valence-electron chi connectivity index (χ0n) is 9.36. The van der Waals surface area contributed by atoms with Gasteiger partial charge in [-0.25, -0.2) is 9.59 Å². The highest BCUT2D eigenvalue weighted by molar-refractivity contribution is 5.85. The van der Waals surface area contributed by atoms with E-state index in [9.17, 15) is 9.59 Å². The summed E-state index contributed by atoms with van der Waals surface area (Å²) in [6, 6.07) is -1.03. The maximum Gasteiger partial charge on any atom is 0.515 e. The fourth-order valence-electron chi connectivity index (χ4n) is 0.963. The van der Waals surface area contributed by atoms with Gasteiger partial charge in [-0.1, -0.05) is 5.92 Å². The van der Waals surface area contributed by atoms with E-state index in [-0.39, 0.29) is 6.04 Å². The molecule has 0 aliphatic rings. The van der Waals surface area contributed by atoms with Crippen LogP contribution in [-0.4, -0.2) is 37.9 Å². The summed E-state index contributed by atoms with van der Waals surface area (Å²) in [5.41, 5.74) is 5.33. The molecule has 6 nitrogen and oxygen atoms in total. The Labute approximate surface area is 94.5 Å². The third-order valence-electron chi connectivity index (χ3n) is 1.81. The van der Waals surface area contributed by atoms with Crippen LogP contribution in [0, 0.1) is 12.3 Å². The highest BCUT2D eigenvalue weighted by Gasteiger charge is 2.20. The van der Waals surface area contributed by atoms with Gasteiger partial charge in [0, 0.05) is 0 Å². The van der Waals surface area contributed by atoms with Crippen LogP contribution in [0.5, 0.6) is 0 Å². The van der Waals surface area contributed by atoms with Gasteiger partial charge in [0.05, 0.1) is 13.2 Å². The zero-order valence-corrected chi connectivity index (χ0v) is 9.36. The summed E-state index contributed by atoms with van der Waals surface area (Å²) in [6.07, 6.45) is 4.71. The lowest BCUT2D eigenvalue weighted by atomic mass is 10.2. The van der Waals surface area contributed by atoms with E-state index in [0.29, 0.717) is 13.0 Å². The largest absolute Gasteiger partial charge is 0.515 e. The fraction of sp³-hybridized carbons (Fsp3) is 0.600. The number of terminal acetylenes is 1. The number of carbonyl (C=O) groups is 2. The minimum Gasteiger partial charge on any atom is -0.437 e. The summed E-state index contributed by atoms with van der Waals surface area (Å²) in [5.74, 6) is 1.69. The Bertz CT molecular complexity index is 285. The van der Waals surface area contributed by atoms with E-state index in [2.05, 4.69) is 20.7 Å². The first-order valence-electron chi connectivity index (χ1n) is 4.77. The number of nitrogens with one attached hydrogen (secondary N) is 1. The van der Waals surface area contributed by atoms with E-state index in [1.54, 1.807) is 0 Å². The molecule has 0 fully saturated rings. The Hall–Kier alpha value is -1.58. The molecule has 0 bridgehead atoms. The van der Waals surface area contributed by atoms with Gasteiger partial charge in [-0.3, -0.25) is 5.32 Å². The molecule has 6 heteroatoms. The van der Waals surface area contributed by atoms with E-state index >= 15 is 0 Å². The van der Waals surface area contributed by atoms with Gasteiger partial charge in [0.15, 0.2) is 0 Å². The number of hydrogen-bond acceptors (Lipinski definition) is 6. The van der Waals surface area contributed by atoms with Gasteiger partial charge in [-0.05, 0) is 19.9 Å². The Kier molecular flexibility index (Phi) is 6.92. The minimum atomic E-state index is -1.05. The van der Waals surface area contributed by atoms with Crippen LogP contribution in [0.25, 0.3) is 0 Å². The Morgan fingerprint density at radius 1 is 1.56 bits per heavy atom. The zero-order chi connectivity index (χ0) is 12.6. The van der Waals surface area contributed by atoms with Crippen molar-refractivity contribution in [2.75, 3.05) is 13.7 Å². The molecular weight excluding hydrogens is 212 g/mol. The van der Waals surface area contributed by atoms with Gasteiger partial charge < -0.3 is 15.2 Å². The summed E-state index contributed by atoms with van der Waals surface area (Å²) in [6.45, 7) is 1.94. The minimum absolute atomic E-state index is 0.329. The van der Waals surface area contributed by atoms with Crippen LogP contribution in [0.1, 0.15) is 13.3 Å². The van der Waals surface area contributed by atoms with Crippen molar-refractivity contribution < 1.29 is 19.1 Å². The first-order valence-corrected chi connectivity index (χ1v) is 4.77. The van der Waals surface area contributed by atoms with Crippen LogP contribution < -0.4 is 11.1 Å². The van der Waals surface area contributed by atoms with E-state index in [1.807, 2.05) is 0 Å². The summed E-state index contributed by atoms with van der Waals surface area (Å²) in [7, 11) is 1.12. The van der Waals surface area contributed by atoms with Crippen molar-refractivity contribution in [1.29, 1.82) is 0 Å². The molecule has 0 aromatic heterocycles. The van der Waals surface area contributed by atoms with Crippen LogP contribution in [0.3, 0.4) is 0 Å². The molecule has 0 amide bonds. The molecule has 2 atom stereocenters. The molecule has 90 valence electrons. The summed E-state index contributed by atoms with van der Waals surface area (Å²) >= 11 is 0. The topological polar surface area (TPSA) is 90.6 Å². The number of ether oxygens (including phenoxy) is 2. The Morgan fingerprint density at radius 2 is 2.19 bits per heavy atom. The number of hydrogen-bond donors (Lipinski definition) is 2. The molecule has 0 aromatic rings. The molecule has 0 saturated carbocycles. The van der Waals surface area contributed by atoms with Crippen LogP contribution >= 0.6 is 0 Å². The summed E-state index contributed by atoms with van der Waals surface area (Å²) < 4.78 is 8.50. The molecule has 0 aromatic carbocycles. The molecule has 16 heavy (non-hydrogen) atoms. The van der Waals surface area contributed by atoms with Crippen molar-refractivity contribution in [3.63, 3.8) is 0 Å². The molecule has 0 aliphatic heterocycles. The first-order chi connectivity index (χ1) is 7.54. The van der Waals surface area contributed by atoms with Gasteiger partial charge in [0.25, 0.3) is 0 Å². The van der Waals surface area contributed by atoms with Crippen molar-refractivity contribution in [2.45, 2.75) is 25.4 Å². The SMILES string of the molecule is C#C[C@H](CCN)NC(C)C(=O)OC(=O)OC. The molecular formula is C10H16N2O4. The van der Waals surface area contributed by atoms with Gasteiger partial charge in [-0.2, -0.15) is 0 Å². The van der Waals surface area contributed by atoms with E-state index < -0.39 is 18.2 Å². The third-order valence-corrected chi connectivity index (χ3v) is 1.81. The second kappa shape index (κ2) is 7.68. The van der Waals surface area contributed by atoms with Crippen LogP contribution in [0.2, 0.25) is 0 Å². The van der Waals surface area contributed by atoms with E-state index in [4.69, 9.17) is 12.2 Å². The summed E-state index contributed by atoms with van der Waals surface area (Å²) in [5, 5.41) is 2.80. The van der Waals surface area contributed by atoms with E-state index in [0.717, 1.165) is 7.11 Å². The number of rotatable bonds is 5. The van der Waals surface area contributed by atoms with Crippen molar-refractivity contribution in [3.8, 4) is 12.3 Å². The fourth-order valence-corrected chi connectivity index (χ4v) is 0.963. The number of esters is 1. The highest BCUT2D eigenvalue weighted by Crippen LogP contribution is 1.95. The summed E-state index contributed by atoms with van der Waals surface area (Å²) in [4.78, 5) is 21.9. The molecule has 0 heterocycles. The molecule has 0 radical (unpaired) electrons. The van der Waals surface area contributed by atoms with Crippen molar-refractivity contribution in [1.82, 2.24) is 5.32 Å². The predicted octanol–water partition coefficient (Wildman–Crippen LogP) is -0.375. The second-order valence-corrected chi connectivity index (χ2v) is 3.06. The molecule has 3 N–H and O–H groups in total. The van der Waals surface area contributed by atoms with Crippen molar-refractivity contribution in [3.05, 3.63) is 0 Å². The predicted molar refractivity (Wildman–Crippen MR) is 57.4 cm³/mol. The molecule has 1 unspecified atom stereocenters. The van der Waals surface area contributed by atoms with Crippen molar-refractivity contribution >= 4 is 12.1 Å². The quantitative estimate of drug-likeness (QED) is 0.379. The van der Waals surface area contributed by atoms with Gasteiger partial charge >= 0.3 is 12.1 Å². The monoisotopic (exact) mass is 228 g/mol. The lowest BCUT2D eigenvalue weighted by Gasteiger charge is -2.16. The average molecular weight is 228 g/mol. The van der Waals surface area contributed by atoms with Gasteiger partial charge in [0.2, 0.25) is 0 Å². The standard InChI is InChI=1S/C10H16N2O4/c1-4-8(5-6-11)12-7(2)9(13)16-10(14)15-3/h1,7-8,12H,5-6,11H2,2-3H3/t7?,8-/m1/s1. The van der Waals surface area contributed by atoms with Gasteiger partial charge in [0.1, 0.15) is 6.04 Å². The molecule has 0 rings (SSSR count).